The van der Waals surface area contributed by atoms with E-state index in [9.17, 15) is 14.4 Å². The molecular weight excluding hydrogens is 274 g/mol. The molecule has 7 heteroatoms. The summed E-state index contributed by atoms with van der Waals surface area (Å²) in [7, 11) is 0. The van der Waals surface area contributed by atoms with E-state index in [1.807, 2.05) is 6.92 Å². The summed E-state index contributed by atoms with van der Waals surface area (Å²) in [6.45, 7) is 1.98. The largest absolute Gasteiger partial charge is 0.481 e. The van der Waals surface area contributed by atoms with Crippen LogP contribution in [0.4, 0.5) is 10.5 Å². The van der Waals surface area contributed by atoms with Crippen LogP contribution in [0.1, 0.15) is 30.1 Å². The van der Waals surface area contributed by atoms with E-state index in [1.54, 1.807) is 12.1 Å². The van der Waals surface area contributed by atoms with Crippen molar-refractivity contribution in [1.82, 2.24) is 5.32 Å². The summed E-state index contributed by atoms with van der Waals surface area (Å²) in [5.74, 6) is -1.86. The minimum atomic E-state index is -0.918. The van der Waals surface area contributed by atoms with Crippen LogP contribution in [0.5, 0.6) is 0 Å². The van der Waals surface area contributed by atoms with Crippen LogP contribution in [-0.2, 0) is 4.79 Å². The number of nitrogens with two attached hydrogens (primary N) is 1. The second-order valence-electron chi connectivity index (χ2n) is 4.60. The minimum absolute atomic E-state index is 0.0866. The zero-order valence-electron chi connectivity index (χ0n) is 11.8. The maximum Gasteiger partial charge on any atom is 0.316 e. The predicted octanol–water partition coefficient (Wildman–Crippen LogP) is 1.41. The molecule has 0 radical (unpaired) electrons. The molecule has 21 heavy (non-hydrogen) atoms. The maximum atomic E-state index is 11.9. The molecule has 1 atom stereocenters. The van der Waals surface area contributed by atoms with Crippen molar-refractivity contribution < 1.29 is 19.5 Å². The van der Waals surface area contributed by atoms with E-state index in [4.69, 9.17) is 10.8 Å². The molecule has 0 fully saturated rings. The minimum Gasteiger partial charge on any atom is -0.481 e. The highest BCUT2D eigenvalue weighted by Crippen LogP contribution is 2.10. The van der Waals surface area contributed by atoms with Crippen LogP contribution in [0.3, 0.4) is 0 Å². The fourth-order valence-electron chi connectivity index (χ4n) is 1.83. The Kier molecular flexibility index (Phi) is 6.19. The molecule has 7 nitrogen and oxygen atoms in total. The van der Waals surface area contributed by atoms with Crippen LogP contribution >= 0.6 is 0 Å². The van der Waals surface area contributed by atoms with Crippen LogP contribution in [0, 0.1) is 5.92 Å². The van der Waals surface area contributed by atoms with Crippen LogP contribution < -0.4 is 16.4 Å². The number of amides is 3. The average molecular weight is 293 g/mol. The zero-order chi connectivity index (χ0) is 15.8. The smallest absolute Gasteiger partial charge is 0.316 e. The highest BCUT2D eigenvalue weighted by Gasteiger charge is 2.17. The van der Waals surface area contributed by atoms with Gasteiger partial charge in [-0.1, -0.05) is 13.3 Å². The number of benzene rings is 1. The van der Waals surface area contributed by atoms with E-state index in [2.05, 4.69) is 10.6 Å². The number of rotatable bonds is 7. The lowest BCUT2D eigenvalue weighted by atomic mass is 10.0. The van der Waals surface area contributed by atoms with Crippen molar-refractivity contribution in [3.63, 3.8) is 0 Å². The van der Waals surface area contributed by atoms with Crippen molar-refractivity contribution >= 4 is 23.6 Å². The SMILES string of the molecule is CCCC(CNC(=O)c1ccc(NC(N)=O)cc1)C(=O)O. The molecule has 1 aromatic rings. The summed E-state index contributed by atoms with van der Waals surface area (Å²) < 4.78 is 0. The van der Waals surface area contributed by atoms with Gasteiger partial charge in [0, 0.05) is 17.8 Å². The van der Waals surface area contributed by atoms with Gasteiger partial charge in [0.25, 0.3) is 5.91 Å². The third-order valence-corrected chi connectivity index (χ3v) is 2.91. The van der Waals surface area contributed by atoms with Gasteiger partial charge in [-0.25, -0.2) is 4.79 Å². The molecule has 3 amide bonds. The molecule has 0 aliphatic carbocycles. The molecule has 1 aromatic carbocycles. The summed E-state index contributed by atoms with van der Waals surface area (Å²) in [6, 6.07) is 5.45. The Morgan fingerprint density at radius 1 is 1.24 bits per heavy atom. The first-order valence-electron chi connectivity index (χ1n) is 6.61. The predicted molar refractivity (Wildman–Crippen MR) is 78.0 cm³/mol. The molecule has 0 bridgehead atoms. The number of primary amides is 1. The summed E-state index contributed by atoms with van der Waals surface area (Å²) in [6.07, 6.45) is 1.25. The number of carboxylic acids is 1. The molecule has 114 valence electrons. The molecular formula is C14H19N3O4. The monoisotopic (exact) mass is 293 g/mol. The maximum absolute atomic E-state index is 11.9. The van der Waals surface area contributed by atoms with Crippen LogP contribution in [-0.4, -0.2) is 29.6 Å². The molecule has 0 saturated carbocycles. The van der Waals surface area contributed by atoms with Gasteiger partial charge in [0.1, 0.15) is 0 Å². The molecule has 5 N–H and O–H groups in total. The standard InChI is InChI=1S/C14H19N3O4/c1-2-3-10(13(19)20)8-16-12(18)9-4-6-11(7-5-9)17-14(15)21/h4-7,10H,2-3,8H2,1H3,(H,16,18)(H,19,20)(H3,15,17,21). The first kappa shape index (κ1) is 16.5. The van der Waals surface area contributed by atoms with Crippen molar-refractivity contribution in [2.45, 2.75) is 19.8 Å². The Hall–Kier alpha value is -2.57. The topological polar surface area (TPSA) is 122 Å². The van der Waals surface area contributed by atoms with E-state index >= 15 is 0 Å². The van der Waals surface area contributed by atoms with Crippen LogP contribution in [0.25, 0.3) is 0 Å². The molecule has 1 unspecified atom stereocenters. The number of urea groups is 1. The zero-order valence-corrected chi connectivity index (χ0v) is 11.8. The second-order valence-corrected chi connectivity index (χ2v) is 4.60. The second kappa shape index (κ2) is 7.88. The normalized spacial score (nSPS) is 11.5. The number of carboxylic acid groups (broad SMARTS) is 1. The summed E-state index contributed by atoms with van der Waals surface area (Å²) in [5, 5.41) is 14.0. The quantitative estimate of drug-likeness (QED) is 0.607. The molecule has 0 aliphatic rings. The Morgan fingerprint density at radius 3 is 2.33 bits per heavy atom. The van der Waals surface area contributed by atoms with Gasteiger partial charge in [0.15, 0.2) is 0 Å². The summed E-state index contributed by atoms with van der Waals surface area (Å²) in [4.78, 5) is 33.5. The van der Waals surface area contributed by atoms with E-state index in [0.29, 0.717) is 17.7 Å². The summed E-state index contributed by atoms with van der Waals surface area (Å²) >= 11 is 0. The van der Waals surface area contributed by atoms with E-state index in [0.717, 1.165) is 6.42 Å². The Balaban J connectivity index is 2.59. The molecule has 0 aliphatic heterocycles. The number of anilines is 1. The lowest BCUT2D eigenvalue weighted by molar-refractivity contribution is -0.141. The Labute approximate surface area is 122 Å². The lowest BCUT2D eigenvalue weighted by Gasteiger charge is -2.12. The van der Waals surface area contributed by atoms with Gasteiger partial charge in [0.05, 0.1) is 5.92 Å². The number of carbonyl (C=O) groups excluding carboxylic acids is 2. The third kappa shape index (κ3) is 5.52. The summed E-state index contributed by atoms with van der Waals surface area (Å²) in [5.41, 5.74) is 5.84. The van der Waals surface area contributed by atoms with E-state index in [-0.39, 0.29) is 12.5 Å². The molecule has 0 spiro atoms. The van der Waals surface area contributed by atoms with Crippen molar-refractivity contribution in [2.24, 2.45) is 11.7 Å². The number of carbonyl (C=O) groups is 3. The molecule has 0 heterocycles. The number of aliphatic carboxylic acids is 1. The van der Waals surface area contributed by atoms with Gasteiger partial charge in [-0.05, 0) is 30.7 Å². The number of hydrogen-bond donors (Lipinski definition) is 4. The van der Waals surface area contributed by atoms with Crippen molar-refractivity contribution in [3.8, 4) is 0 Å². The van der Waals surface area contributed by atoms with Gasteiger partial charge in [-0.3, -0.25) is 9.59 Å². The van der Waals surface area contributed by atoms with Gasteiger partial charge in [-0.2, -0.15) is 0 Å². The highest BCUT2D eigenvalue weighted by molar-refractivity contribution is 5.95. The third-order valence-electron chi connectivity index (χ3n) is 2.91. The fraction of sp³-hybridized carbons (Fsp3) is 0.357. The van der Waals surface area contributed by atoms with E-state index < -0.39 is 17.9 Å². The van der Waals surface area contributed by atoms with E-state index in [1.165, 1.54) is 12.1 Å². The lowest BCUT2D eigenvalue weighted by Crippen LogP contribution is -2.32. The van der Waals surface area contributed by atoms with Crippen LogP contribution in [0.15, 0.2) is 24.3 Å². The number of nitrogens with one attached hydrogen (secondary N) is 2. The molecule has 0 aromatic heterocycles. The van der Waals surface area contributed by atoms with Gasteiger partial charge in [-0.15, -0.1) is 0 Å². The fourth-order valence-corrected chi connectivity index (χ4v) is 1.83. The van der Waals surface area contributed by atoms with Crippen molar-refractivity contribution in [3.05, 3.63) is 29.8 Å². The van der Waals surface area contributed by atoms with Gasteiger partial charge in [0.2, 0.25) is 0 Å². The molecule has 0 saturated heterocycles. The first-order valence-corrected chi connectivity index (χ1v) is 6.61. The van der Waals surface area contributed by atoms with Crippen molar-refractivity contribution in [2.75, 3.05) is 11.9 Å². The Bertz CT molecular complexity index is 513. The van der Waals surface area contributed by atoms with Gasteiger partial charge < -0.3 is 21.5 Å². The Morgan fingerprint density at radius 2 is 1.86 bits per heavy atom. The first-order chi connectivity index (χ1) is 9.93. The highest BCUT2D eigenvalue weighted by atomic mass is 16.4. The van der Waals surface area contributed by atoms with Crippen LogP contribution in [0.2, 0.25) is 0 Å². The van der Waals surface area contributed by atoms with Crippen molar-refractivity contribution in [1.29, 1.82) is 0 Å². The average Bonchev–Trinajstić information content (AvgIpc) is 2.43. The number of hydrogen-bond acceptors (Lipinski definition) is 3. The van der Waals surface area contributed by atoms with Gasteiger partial charge >= 0.3 is 12.0 Å². The molecule has 1 rings (SSSR count).